The maximum Gasteiger partial charge on any atom is 0.141 e. The smallest absolute Gasteiger partial charge is 0.141 e. The van der Waals surface area contributed by atoms with Crippen molar-refractivity contribution in [3.63, 3.8) is 0 Å². The molecule has 0 atom stereocenters. The van der Waals surface area contributed by atoms with Crippen LogP contribution in [0.4, 0.5) is 11.6 Å². The second-order valence-corrected chi connectivity index (χ2v) is 6.14. The summed E-state index contributed by atoms with van der Waals surface area (Å²) in [4.78, 5) is 10.8. The average Bonchev–Trinajstić information content (AvgIpc) is 2.67. The predicted molar refractivity (Wildman–Crippen MR) is 116 cm³/mol. The molecule has 1 heterocycles. The topological polar surface area (TPSA) is 64.3 Å². The van der Waals surface area contributed by atoms with Gasteiger partial charge >= 0.3 is 0 Å². The zero-order valence-corrected chi connectivity index (χ0v) is 17.2. The number of nitrogens with two attached hydrogens (primary N) is 1. The Kier molecular flexibility index (Phi) is 9.83. The molecule has 0 bridgehead atoms. The van der Waals surface area contributed by atoms with E-state index in [1.165, 1.54) is 11.9 Å². The van der Waals surface area contributed by atoms with Gasteiger partial charge in [0.1, 0.15) is 18.0 Å². The Labute approximate surface area is 163 Å². The first-order valence-electron chi connectivity index (χ1n) is 9.20. The molecule has 0 amide bonds. The molecule has 2 N–H and O–H groups in total. The molecule has 146 valence electrons. The van der Waals surface area contributed by atoms with Crippen molar-refractivity contribution in [3.05, 3.63) is 66.0 Å². The summed E-state index contributed by atoms with van der Waals surface area (Å²) in [7, 11) is 3.70. The molecule has 0 radical (unpaired) electrons. The Morgan fingerprint density at radius 3 is 2.37 bits per heavy atom. The van der Waals surface area contributed by atoms with E-state index in [9.17, 15) is 0 Å². The van der Waals surface area contributed by atoms with Crippen LogP contribution in [0.15, 0.2) is 49.3 Å². The summed E-state index contributed by atoms with van der Waals surface area (Å²) in [5.41, 5.74) is 10.3. The number of hydrogen-bond acceptors (Lipinski definition) is 5. The van der Waals surface area contributed by atoms with E-state index in [-0.39, 0.29) is 0 Å². The van der Waals surface area contributed by atoms with Gasteiger partial charge in [0, 0.05) is 27.3 Å². The van der Waals surface area contributed by atoms with Crippen LogP contribution in [0.2, 0.25) is 0 Å². The minimum Gasteiger partial charge on any atom is -0.385 e. The number of nitrogen functional groups attached to an aromatic ring is 1. The van der Waals surface area contributed by atoms with E-state index < -0.39 is 0 Å². The van der Waals surface area contributed by atoms with Crippen LogP contribution >= 0.6 is 0 Å². The number of nitrogens with zero attached hydrogens (tertiary/aromatic N) is 3. The van der Waals surface area contributed by atoms with Crippen LogP contribution in [0, 0.1) is 6.92 Å². The highest BCUT2D eigenvalue weighted by molar-refractivity contribution is 5.90. The van der Waals surface area contributed by atoms with E-state index in [4.69, 9.17) is 5.73 Å². The molecule has 0 spiro atoms. The van der Waals surface area contributed by atoms with E-state index in [0.29, 0.717) is 5.82 Å². The maximum atomic E-state index is 6.20. The zero-order valence-electron chi connectivity index (χ0n) is 17.2. The number of anilines is 2. The lowest BCUT2D eigenvalue weighted by molar-refractivity contribution is 0.215. The predicted octanol–water partition coefficient (Wildman–Crippen LogP) is 4.48. The molecule has 0 aliphatic rings. The Balaban J connectivity index is 0.000000828. The van der Waals surface area contributed by atoms with Gasteiger partial charge in [0.2, 0.25) is 0 Å². The number of aryl methyl sites for hydroxylation is 1. The van der Waals surface area contributed by atoms with E-state index in [2.05, 4.69) is 64.3 Å². The largest absolute Gasteiger partial charge is 0.385 e. The van der Waals surface area contributed by atoms with Gasteiger partial charge in [-0.2, -0.15) is 0 Å². The third-order valence-corrected chi connectivity index (χ3v) is 3.98. The number of allylic oxidation sites excluding steroid dienone is 2. The molecule has 0 saturated carbocycles. The highest BCUT2D eigenvalue weighted by Crippen LogP contribution is 2.33. The Morgan fingerprint density at radius 2 is 1.85 bits per heavy atom. The van der Waals surface area contributed by atoms with Crippen molar-refractivity contribution in [1.29, 1.82) is 0 Å². The van der Waals surface area contributed by atoms with Crippen LogP contribution in [0.5, 0.6) is 0 Å². The molecule has 0 saturated heterocycles. The lowest BCUT2D eigenvalue weighted by Crippen LogP contribution is -2.21. The second-order valence-electron chi connectivity index (χ2n) is 6.14. The van der Waals surface area contributed by atoms with E-state index in [1.54, 1.807) is 13.2 Å². The fourth-order valence-electron chi connectivity index (χ4n) is 2.55. The van der Waals surface area contributed by atoms with Crippen LogP contribution < -0.4 is 10.6 Å². The molecule has 1 aromatic heterocycles. The molecule has 5 heteroatoms. The molecular formula is C22H32N4O. The monoisotopic (exact) mass is 368 g/mol. The van der Waals surface area contributed by atoms with Crippen molar-refractivity contribution in [1.82, 2.24) is 9.97 Å². The number of benzene rings is 1. The fraction of sp³-hybridized carbons (Fsp3) is 0.364. The summed E-state index contributed by atoms with van der Waals surface area (Å²) >= 11 is 0. The second kappa shape index (κ2) is 11.9. The molecule has 0 unspecified atom stereocenters. The SMILES string of the molecule is C=C/C=C(\c1ccc(C)cc1)c1c(N)ncnc1N(C)CCC.CCOC. The van der Waals surface area contributed by atoms with Gasteiger partial charge < -0.3 is 15.4 Å². The number of ether oxygens (including phenoxy) is 1. The van der Waals surface area contributed by atoms with Gasteiger partial charge in [-0.1, -0.05) is 55.5 Å². The number of methoxy groups -OCH3 is 1. The Hall–Kier alpha value is -2.66. The Morgan fingerprint density at radius 1 is 1.22 bits per heavy atom. The average molecular weight is 369 g/mol. The molecule has 0 aliphatic heterocycles. The molecule has 5 nitrogen and oxygen atoms in total. The number of hydrogen-bond donors (Lipinski definition) is 1. The van der Waals surface area contributed by atoms with Gasteiger partial charge in [0.25, 0.3) is 0 Å². The van der Waals surface area contributed by atoms with Gasteiger partial charge in [-0.25, -0.2) is 9.97 Å². The van der Waals surface area contributed by atoms with Crippen molar-refractivity contribution >= 4 is 17.2 Å². The van der Waals surface area contributed by atoms with E-state index in [1.807, 2.05) is 20.0 Å². The third-order valence-electron chi connectivity index (χ3n) is 3.98. The van der Waals surface area contributed by atoms with Crippen molar-refractivity contribution in [2.24, 2.45) is 0 Å². The summed E-state index contributed by atoms with van der Waals surface area (Å²) in [5, 5.41) is 0. The van der Waals surface area contributed by atoms with Crippen molar-refractivity contribution in [2.75, 3.05) is 37.9 Å². The van der Waals surface area contributed by atoms with Crippen LogP contribution in [0.1, 0.15) is 37.0 Å². The minimum absolute atomic E-state index is 0.478. The molecule has 0 aliphatic carbocycles. The quantitative estimate of drug-likeness (QED) is 0.730. The van der Waals surface area contributed by atoms with E-state index >= 15 is 0 Å². The Bertz CT molecular complexity index is 736. The molecule has 1 aromatic carbocycles. The lowest BCUT2D eigenvalue weighted by atomic mass is 9.97. The van der Waals surface area contributed by atoms with Gasteiger partial charge in [0.15, 0.2) is 0 Å². The van der Waals surface area contributed by atoms with Crippen LogP contribution in [-0.4, -0.2) is 37.3 Å². The first-order chi connectivity index (χ1) is 13.0. The summed E-state index contributed by atoms with van der Waals surface area (Å²) < 4.78 is 4.54. The maximum absolute atomic E-state index is 6.20. The first kappa shape index (κ1) is 22.4. The third kappa shape index (κ3) is 6.53. The van der Waals surface area contributed by atoms with Crippen molar-refractivity contribution in [3.8, 4) is 0 Å². The van der Waals surface area contributed by atoms with Gasteiger partial charge in [-0.05, 0) is 31.4 Å². The summed E-state index contributed by atoms with van der Waals surface area (Å²) in [6.45, 7) is 11.7. The zero-order chi connectivity index (χ0) is 20.2. The first-order valence-corrected chi connectivity index (χ1v) is 9.20. The highest BCUT2D eigenvalue weighted by Gasteiger charge is 2.18. The number of rotatable bonds is 7. The molecular weight excluding hydrogens is 336 g/mol. The van der Waals surface area contributed by atoms with E-state index in [0.717, 1.165) is 42.1 Å². The summed E-state index contributed by atoms with van der Waals surface area (Å²) in [5.74, 6) is 1.32. The molecule has 0 fully saturated rings. The summed E-state index contributed by atoms with van der Waals surface area (Å²) in [6, 6.07) is 8.34. The molecule has 2 rings (SSSR count). The van der Waals surface area contributed by atoms with Crippen LogP contribution in [0.3, 0.4) is 0 Å². The summed E-state index contributed by atoms with van der Waals surface area (Å²) in [6.07, 6.45) is 6.28. The standard InChI is InChI=1S/C19H24N4.C3H8O/c1-5-7-16(15-10-8-14(3)9-11-15)17-18(20)21-13-22-19(17)23(4)12-6-2;1-3-4-2/h5,7-11,13H,1,6,12H2,2-4H3,(H2,20,21,22);3H2,1-2H3/b16-7+;. The van der Waals surface area contributed by atoms with Crippen LogP contribution in [0.25, 0.3) is 5.57 Å². The molecule has 2 aromatic rings. The fourth-order valence-corrected chi connectivity index (χ4v) is 2.55. The minimum atomic E-state index is 0.478. The molecule has 27 heavy (non-hydrogen) atoms. The van der Waals surface area contributed by atoms with Gasteiger partial charge in [-0.15, -0.1) is 0 Å². The van der Waals surface area contributed by atoms with Gasteiger partial charge in [0.05, 0.1) is 5.56 Å². The normalized spacial score (nSPS) is 10.8. The number of aromatic nitrogens is 2. The highest BCUT2D eigenvalue weighted by atomic mass is 16.5. The van der Waals surface area contributed by atoms with Crippen molar-refractivity contribution in [2.45, 2.75) is 27.2 Å². The van der Waals surface area contributed by atoms with Gasteiger partial charge in [-0.3, -0.25) is 0 Å². The lowest BCUT2D eigenvalue weighted by Gasteiger charge is -2.22. The van der Waals surface area contributed by atoms with Crippen molar-refractivity contribution < 1.29 is 4.74 Å². The van der Waals surface area contributed by atoms with Crippen LogP contribution in [-0.2, 0) is 4.74 Å².